The Labute approximate surface area is 153 Å². The Kier molecular flexibility index (Phi) is 6.31. The van der Waals surface area contributed by atoms with Crippen molar-refractivity contribution < 1.29 is 22.7 Å². The third kappa shape index (κ3) is 4.63. The Bertz CT molecular complexity index is 736. The SMILES string of the molecule is CCOC(=O)C1Cc2cc(S(=O)(=O)NCC(N)C3CC3)ccc2O1.Cl. The van der Waals surface area contributed by atoms with Crippen LogP contribution in [0.25, 0.3) is 0 Å². The van der Waals surface area contributed by atoms with E-state index in [2.05, 4.69) is 4.72 Å². The first-order valence-corrected chi connectivity index (χ1v) is 9.60. The molecule has 1 fully saturated rings. The molecule has 1 saturated carbocycles. The lowest BCUT2D eigenvalue weighted by molar-refractivity contribution is -0.150. The maximum atomic E-state index is 12.4. The summed E-state index contributed by atoms with van der Waals surface area (Å²) >= 11 is 0. The standard InChI is InChI=1S/C16H22N2O5S.ClH/c1-2-22-16(19)15-8-11-7-12(5-6-14(11)23-15)24(20,21)18-9-13(17)10-3-4-10;/h5-7,10,13,15,18H,2-4,8-9,17H2,1H3;1H. The molecule has 1 aromatic carbocycles. The maximum Gasteiger partial charge on any atom is 0.347 e. The van der Waals surface area contributed by atoms with E-state index in [-0.39, 0.29) is 36.5 Å². The van der Waals surface area contributed by atoms with Gasteiger partial charge in [-0.05, 0) is 49.4 Å². The van der Waals surface area contributed by atoms with Gasteiger partial charge in [0.25, 0.3) is 0 Å². The molecule has 7 nitrogen and oxygen atoms in total. The van der Waals surface area contributed by atoms with Crippen LogP contribution in [0.15, 0.2) is 23.1 Å². The fourth-order valence-electron chi connectivity index (χ4n) is 2.74. The zero-order valence-corrected chi connectivity index (χ0v) is 15.6. The van der Waals surface area contributed by atoms with Crippen molar-refractivity contribution in [3.63, 3.8) is 0 Å². The third-order valence-corrected chi connectivity index (χ3v) is 5.72. The Morgan fingerprint density at radius 2 is 2.16 bits per heavy atom. The van der Waals surface area contributed by atoms with Crippen LogP contribution in [0.5, 0.6) is 5.75 Å². The molecule has 9 heteroatoms. The van der Waals surface area contributed by atoms with Crippen molar-refractivity contribution in [1.82, 2.24) is 4.72 Å². The summed E-state index contributed by atoms with van der Waals surface area (Å²) < 4.78 is 37.8. The van der Waals surface area contributed by atoms with E-state index < -0.39 is 22.1 Å². The van der Waals surface area contributed by atoms with Gasteiger partial charge in [-0.15, -0.1) is 12.4 Å². The third-order valence-electron chi connectivity index (χ3n) is 4.30. The second-order valence-electron chi connectivity index (χ2n) is 6.19. The molecule has 2 unspecified atom stereocenters. The van der Waals surface area contributed by atoms with Gasteiger partial charge in [-0.2, -0.15) is 0 Å². The molecule has 0 spiro atoms. The van der Waals surface area contributed by atoms with E-state index >= 15 is 0 Å². The highest BCUT2D eigenvalue weighted by Gasteiger charge is 2.32. The molecule has 1 heterocycles. The minimum atomic E-state index is -3.63. The van der Waals surface area contributed by atoms with Crippen LogP contribution in [0.1, 0.15) is 25.3 Å². The van der Waals surface area contributed by atoms with E-state index in [1.54, 1.807) is 19.1 Å². The van der Waals surface area contributed by atoms with Crippen LogP contribution in [-0.4, -0.2) is 39.7 Å². The predicted molar refractivity (Wildman–Crippen MR) is 94.3 cm³/mol. The lowest BCUT2D eigenvalue weighted by Crippen LogP contribution is -2.38. The molecule has 25 heavy (non-hydrogen) atoms. The lowest BCUT2D eigenvalue weighted by Gasteiger charge is -2.12. The number of halogens is 1. The van der Waals surface area contributed by atoms with Gasteiger partial charge >= 0.3 is 5.97 Å². The number of hydrogen-bond donors (Lipinski definition) is 2. The maximum absolute atomic E-state index is 12.4. The van der Waals surface area contributed by atoms with Crippen LogP contribution in [0, 0.1) is 5.92 Å². The average Bonchev–Trinajstić information content (AvgIpc) is 3.31. The molecule has 0 aromatic heterocycles. The molecule has 3 N–H and O–H groups in total. The van der Waals surface area contributed by atoms with E-state index in [1.807, 2.05) is 0 Å². The van der Waals surface area contributed by atoms with Gasteiger partial charge in [-0.1, -0.05) is 0 Å². The van der Waals surface area contributed by atoms with Crippen LogP contribution in [0.4, 0.5) is 0 Å². The lowest BCUT2D eigenvalue weighted by atomic mass is 10.1. The van der Waals surface area contributed by atoms with E-state index in [1.165, 1.54) is 6.07 Å². The predicted octanol–water partition coefficient (Wildman–Crippen LogP) is 0.991. The molecule has 1 aliphatic carbocycles. The fraction of sp³-hybridized carbons (Fsp3) is 0.562. The summed E-state index contributed by atoms with van der Waals surface area (Å²) in [5.41, 5.74) is 6.62. The average molecular weight is 391 g/mol. The summed E-state index contributed by atoms with van der Waals surface area (Å²) in [7, 11) is -3.63. The number of nitrogens with two attached hydrogens (primary N) is 1. The van der Waals surface area contributed by atoms with Gasteiger partial charge in [0.05, 0.1) is 11.5 Å². The monoisotopic (exact) mass is 390 g/mol. The number of sulfonamides is 1. The second-order valence-corrected chi connectivity index (χ2v) is 7.95. The number of rotatable bonds is 7. The van der Waals surface area contributed by atoms with Crippen LogP contribution in [0.2, 0.25) is 0 Å². The molecule has 1 aliphatic heterocycles. The highest BCUT2D eigenvalue weighted by molar-refractivity contribution is 7.89. The topological polar surface area (TPSA) is 108 Å². The molecule has 0 amide bonds. The van der Waals surface area contributed by atoms with Gasteiger partial charge in [-0.25, -0.2) is 17.9 Å². The largest absolute Gasteiger partial charge is 0.478 e. The van der Waals surface area contributed by atoms with Crippen molar-refractivity contribution in [1.29, 1.82) is 0 Å². The minimum absolute atomic E-state index is 0. The van der Waals surface area contributed by atoms with Crippen molar-refractivity contribution in [2.75, 3.05) is 13.2 Å². The summed E-state index contributed by atoms with van der Waals surface area (Å²) in [6.07, 6.45) is 1.72. The van der Waals surface area contributed by atoms with E-state index in [0.29, 0.717) is 23.7 Å². The summed E-state index contributed by atoms with van der Waals surface area (Å²) in [5.74, 6) is 0.500. The van der Waals surface area contributed by atoms with Gasteiger partial charge in [0, 0.05) is 19.0 Å². The number of nitrogens with one attached hydrogen (secondary N) is 1. The zero-order valence-electron chi connectivity index (χ0n) is 13.9. The first-order valence-electron chi connectivity index (χ1n) is 8.12. The number of ether oxygens (including phenoxy) is 2. The summed E-state index contributed by atoms with van der Waals surface area (Å²) in [4.78, 5) is 11.9. The van der Waals surface area contributed by atoms with Gasteiger partial charge in [0.2, 0.25) is 10.0 Å². The molecule has 2 atom stereocenters. The molecule has 0 saturated heterocycles. The van der Waals surface area contributed by atoms with Gasteiger partial charge in [0.1, 0.15) is 5.75 Å². The van der Waals surface area contributed by atoms with Crippen LogP contribution in [0.3, 0.4) is 0 Å². The first-order chi connectivity index (χ1) is 11.4. The Balaban J connectivity index is 0.00000225. The fourth-order valence-corrected chi connectivity index (χ4v) is 3.86. The van der Waals surface area contributed by atoms with Gasteiger partial charge in [-0.3, -0.25) is 0 Å². The normalized spacial score (nSPS) is 20.2. The highest BCUT2D eigenvalue weighted by atomic mass is 35.5. The van der Waals surface area contributed by atoms with E-state index in [0.717, 1.165) is 12.8 Å². The summed E-state index contributed by atoms with van der Waals surface area (Å²) in [5, 5.41) is 0. The quantitative estimate of drug-likeness (QED) is 0.672. The minimum Gasteiger partial charge on any atom is -0.478 e. The molecular formula is C16H23ClN2O5S. The van der Waals surface area contributed by atoms with Crippen molar-refractivity contribution in [2.24, 2.45) is 11.7 Å². The number of hydrogen-bond acceptors (Lipinski definition) is 6. The first kappa shape index (κ1) is 20.0. The number of esters is 1. The molecule has 140 valence electrons. The Morgan fingerprint density at radius 1 is 1.44 bits per heavy atom. The second kappa shape index (κ2) is 7.90. The van der Waals surface area contributed by atoms with Crippen molar-refractivity contribution in [3.8, 4) is 5.75 Å². The molecular weight excluding hydrogens is 368 g/mol. The Morgan fingerprint density at radius 3 is 2.80 bits per heavy atom. The molecule has 0 bridgehead atoms. The van der Waals surface area contributed by atoms with Crippen LogP contribution < -0.4 is 15.2 Å². The number of carbonyl (C=O) groups excluding carboxylic acids is 1. The van der Waals surface area contributed by atoms with Gasteiger partial charge in [0.15, 0.2) is 6.10 Å². The number of fused-ring (bicyclic) bond motifs is 1. The van der Waals surface area contributed by atoms with Crippen molar-refractivity contribution in [3.05, 3.63) is 23.8 Å². The smallest absolute Gasteiger partial charge is 0.347 e. The van der Waals surface area contributed by atoms with Crippen LogP contribution in [-0.2, 0) is 26.0 Å². The Hall–Kier alpha value is -1.35. The van der Waals surface area contributed by atoms with Crippen LogP contribution >= 0.6 is 12.4 Å². The van der Waals surface area contributed by atoms with Crippen molar-refractivity contribution >= 4 is 28.4 Å². The van der Waals surface area contributed by atoms with Gasteiger partial charge < -0.3 is 15.2 Å². The molecule has 1 aromatic rings. The molecule has 3 rings (SSSR count). The highest BCUT2D eigenvalue weighted by Crippen LogP contribution is 2.32. The number of benzene rings is 1. The number of carbonyl (C=O) groups is 1. The van der Waals surface area contributed by atoms with E-state index in [4.69, 9.17) is 15.2 Å². The zero-order chi connectivity index (χ0) is 17.3. The van der Waals surface area contributed by atoms with Crippen molar-refractivity contribution in [2.45, 2.75) is 43.2 Å². The molecule has 0 radical (unpaired) electrons. The summed E-state index contributed by atoms with van der Waals surface area (Å²) in [6.45, 7) is 2.23. The molecule has 2 aliphatic rings. The van der Waals surface area contributed by atoms with E-state index in [9.17, 15) is 13.2 Å². The summed E-state index contributed by atoms with van der Waals surface area (Å²) in [6, 6.07) is 4.44.